The largest absolute Gasteiger partial charge is 0.292 e. The van der Waals surface area contributed by atoms with Gasteiger partial charge in [-0.15, -0.1) is 0 Å². The zero-order valence-electron chi connectivity index (χ0n) is 14.0. The van der Waals surface area contributed by atoms with Gasteiger partial charge in [-0.2, -0.15) is 4.31 Å². The van der Waals surface area contributed by atoms with Gasteiger partial charge in [0.2, 0.25) is 10.0 Å². The lowest BCUT2D eigenvalue weighted by molar-refractivity contribution is 0.0918. The molecule has 0 bridgehead atoms. The highest BCUT2D eigenvalue weighted by molar-refractivity contribution is 7.88. The highest BCUT2D eigenvalue weighted by atomic mass is 35.5. The standard InChI is InChI=1S/C19H20ClNO3S/c1-14-4-8-16(9-5-14)19(22)18-3-2-12-21(18)25(23,24)13-15-6-10-17(20)11-7-15/h4-11,18H,2-3,12-13H2,1H3. The first kappa shape index (κ1) is 18.1. The van der Waals surface area contributed by atoms with E-state index < -0.39 is 16.1 Å². The normalized spacial score (nSPS) is 18.4. The molecule has 1 atom stereocenters. The molecular weight excluding hydrogens is 358 g/mol. The highest BCUT2D eigenvalue weighted by Gasteiger charge is 2.38. The highest BCUT2D eigenvalue weighted by Crippen LogP contribution is 2.26. The quantitative estimate of drug-likeness (QED) is 0.744. The van der Waals surface area contributed by atoms with E-state index in [1.807, 2.05) is 19.1 Å². The third-order valence-corrected chi connectivity index (χ3v) is 6.56. The number of aryl methyl sites for hydroxylation is 1. The topological polar surface area (TPSA) is 54.5 Å². The number of hydrogen-bond donors (Lipinski definition) is 0. The van der Waals surface area contributed by atoms with E-state index in [0.29, 0.717) is 35.5 Å². The molecule has 2 aromatic rings. The molecule has 0 radical (unpaired) electrons. The first-order valence-corrected chi connectivity index (χ1v) is 10.2. The van der Waals surface area contributed by atoms with Crippen molar-refractivity contribution in [2.75, 3.05) is 6.54 Å². The predicted octanol–water partition coefficient (Wildman–Crippen LogP) is 3.83. The molecule has 1 aliphatic heterocycles. The van der Waals surface area contributed by atoms with Crippen LogP contribution < -0.4 is 0 Å². The number of halogens is 1. The molecule has 132 valence electrons. The number of carbonyl (C=O) groups is 1. The summed E-state index contributed by atoms with van der Waals surface area (Å²) in [5.41, 5.74) is 2.29. The summed E-state index contributed by atoms with van der Waals surface area (Å²) in [7, 11) is -3.57. The van der Waals surface area contributed by atoms with Crippen molar-refractivity contribution in [3.8, 4) is 0 Å². The number of rotatable bonds is 5. The summed E-state index contributed by atoms with van der Waals surface area (Å²) >= 11 is 5.85. The van der Waals surface area contributed by atoms with Crippen LogP contribution in [-0.2, 0) is 15.8 Å². The number of nitrogens with zero attached hydrogens (tertiary/aromatic N) is 1. The number of carbonyl (C=O) groups excluding carboxylic acids is 1. The maximum atomic E-state index is 12.8. The summed E-state index contributed by atoms with van der Waals surface area (Å²) in [5, 5.41) is 0.565. The summed E-state index contributed by atoms with van der Waals surface area (Å²) < 4.78 is 27.0. The lowest BCUT2D eigenvalue weighted by atomic mass is 10.0. The fourth-order valence-corrected chi connectivity index (χ4v) is 5.02. The van der Waals surface area contributed by atoms with Gasteiger partial charge in [-0.25, -0.2) is 8.42 Å². The second kappa shape index (κ2) is 7.28. The van der Waals surface area contributed by atoms with Crippen LogP contribution in [0.25, 0.3) is 0 Å². The maximum absolute atomic E-state index is 12.8. The fourth-order valence-electron chi connectivity index (χ4n) is 3.12. The van der Waals surface area contributed by atoms with Crippen LogP contribution in [0.5, 0.6) is 0 Å². The van der Waals surface area contributed by atoms with Crippen molar-refractivity contribution in [2.24, 2.45) is 0 Å². The molecule has 1 fully saturated rings. The minimum Gasteiger partial charge on any atom is -0.292 e. The SMILES string of the molecule is Cc1ccc(C(=O)C2CCCN2S(=O)(=O)Cc2ccc(Cl)cc2)cc1. The minimum absolute atomic E-state index is 0.123. The zero-order valence-corrected chi connectivity index (χ0v) is 15.6. The van der Waals surface area contributed by atoms with Crippen molar-refractivity contribution in [1.82, 2.24) is 4.31 Å². The maximum Gasteiger partial charge on any atom is 0.218 e. The molecule has 0 saturated carbocycles. The van der Waals surface area contributed by atoms with Gasteiger partial charge in [0.1, 0.15) is 0 Å². The van der Waals surface area contributed by atoms with E-state index in [1.54, 1.807) is 36.4 Å². The van der Waals surface area contributed by atoms with Gasteiger partial charge in [0.25, 0.3) is 0 Å². The van der Waals surface area contributed by atoms with Crippen molar-refractivity contribution >= 4 is 27.4 Å². The molecule has 4 nitrogen and oxygen atoms in total. The van der Waals surface area contributed by atoms with E-state index in [0.717, 1.165) is 5.56 Å². The Hall–Kier alpha value is -1.69. The smallest absolute Gasteiger partial charge is 0.218 e. The van der Waals surface area contributed by atoms with Crippen LogP contribution in [0.1, 0.15) is 34.3 Å². The summed E-state index contributed by atoms with van der Waals surface area (Å²) in [6.07, 6.45) is 1.26. The van der Waals surface area contributed by atoms with E-state index in [9.17, 15) is 13.2 Å². The van der Waals surface area contributed by atoms with Crippen molar-refractivity contribution < 1.29 is 13.2 Å². The number of sulfonamides is 1. The minimum atomic E-state index is -3.57. The molecule has 25 heavy (non-hydrogen) atoms. The summed E-state index contributed by atoms with van der Waals surface area (Å²) in [6, 6.07) is 13.4. The number of benzene rings is 2. The van der Waals surface area contributed by atoms with E-state index >= 15 is 0 Å². The Morgan fingerprint density at radius 2 is 1.76 bits per heavy atom. The molecule has 0 N–H and O–H groups in total. The predicted molar refractivity (Wildman–Crippen MR) is 99.3 cm³/mol. The van der Waals surface area contributed by atoms with Crippen LogP contribution in [-0.4, -0.2) is 31.1 Å². The summed E-state index contributed by atoms with van der Waals surface area (Å²) in [6.45, 7) is 2.34. The Morgan fingerprint density at radius 1 is 1.12 bits per heavy atom. The van der Waals surface area contributed by atoms with Gasteiger partial charge in [0, 0.05) is 17.1 Å². The fraction of sp³-hybridized carbons (Fsp3) is 0.316. The molecule has 0 amide bonds. The van der Waals surface area contributed by atoms with Gasteiger partial charge in [0.15, 0.2) is 5.78 Å². The second-order valence-corrected chi connectivity index (χ2v) is 8.74. The van der Waals surface area contributed by atoms with E-state index in [-0.39, 0.29) is 11.5 Å². The second-order valence-electron chi connectivity index (χ2n) is 6.38. The molecule has 1 saturated heterocycles. The first-order chi connectivity index (χ1) is 11.9. The molecule has 0 spiro atoms. The van der Waals surface area contributed by atoms with Crippen molar-refractivity contribution in [3.05, 3.63) is 70.2 Å². The number of ketones is 1. The van der Waals surface area contributed by atoms with Crippen LogP contribution in [0, 0.1) is 6.92 Å². The van der Waals surface area contributed by atoms with E-state index in [1.165, 1.54) is 4.31 Å². The van der Waals surface area contributed by atoms with Crippen molar-refractivity contribution in [1.29, 1.82) is 0 Å². The lowest BCUT2D eigenvalue weighted by Gasteiger charge is -2.23. The summed E-state index contributed by atoms with van der Waals surface area (Å²) in [4.78, 5) is 12.8. The van der Waals surface area contributed by atoms with Gasteiger partial charge in [-0.05, 0) is 37.5 Å². The molecule has 1 heterocycles. The van der Waals surface area contributed by atoms with Crippen LogP contribution in [0.3, 0.4) is 0 Å². The van der Waals surface area contributed by atoms with Gasteiger partial charge in [-0.3, -0.25) is 4.79 Å². The molecule has 2 aromatic carbocycles. The molecule has 1 unspecified atom stereocenters. The molecule has 1 aliphatic rings. The van der Waals surface area contributed by atoms with Crippen molar-refractivity contribution in [3.63, 3.8) is 0 Å². The molecule has 0 aliphatic carbocycles. The number of Topliss-reactive ketones (excluding diaryl/α,β-unsaturated/α-hetero) is 1. The third kappa shape index (κ3) is 4.11. The van der Waals surface area contributed by atoms with Gasteiger partial charge >= 0.3 is 0 Å². The van der Waals surface area contributed by atoms with Crippen molar-refractivity contribution in [2.45, 2.75) is 31.6 Å². The summed E-state index contributed by atoms with van der Waals surface area (Å²) in [5.74, 6) is -0.251. The first-order valence-electron chi connectivity index (χ1n) is 8.22. The Morgan fingerprint density at radius 3 is 2.40 bits per heavy atom. The van der Waals surface area contributed by atoms with Crippen LogP contribution in [0.4, 0.5) is 0 Å². The van der Waals surface area contributed by atoms with Crippen LogP contribution in [0.2, 0.25) is 5.02 Å². The van der Waals surface area contributed by atoms with E-state index in [4.69, 9.17) is 11.6 Å². The lowest BCUT2D eigenvalue weighted by Crippen LogP contribution is -2.41. The molecular formula is C19H20ClNO3S. The monoisotopic (exact) mass is 377 g/mol. The molecule has 6 heteroatoms. The Kier molecular flexibility index (Phi) is 5.27. The van der Waals surface area contributed by atoms with Crippen LogP contribution >= 0.6 is 11.6 Å². The average Bonchev–Trinajstić information content (AvgIpc) is 3.07. The Balaban J connectivity index is 1.81. The molecule has 3 rings (SSSR count). The molecule has 0 aromatic heterocycles. The number of hydrogen-bond acceptors (Lipinski definition) is 3. The average molecular weight is 378 g/mol. The Labute approximate surface area is 153 Å². The third-order valence-electron chi connectivity index (χ3n) is 4.46. The van der Waals surface area contributed by atoms with Crippen LogP contribution in [0.15, 0.2) is 48.5 Å². The van der Waals surface area contributed by atoms with Gasteiger partial charge in [0.05, 0.1) is 11.8 Å². The zero-order chi connectivity index (χ0) is 18.0. The van der Waals surface area contributed by atoms with E-state index in [2.05, 4.69) is 0 Å². The van der Waals surface area contributed by atoms with Gasteiger partial charge < -0.3 is 0 Å². The van der Waals surface area contributed by atoms with Gasteiger partial charge in [-0.1, -0.05) is 53.6 Å². The Bertz CT molecular complexity index is 861.